The standard InChI is InChI=1S/C16H24N2O/c1-5-9-17-15-14(6-2)12-16(19-15)7-10-18(11-8-16)13(3)4/h5-6,9,13H,1-2,7-8,10-12H2,3-4H3/b17-9-. The van der Waals surface area contributed by atoms with Crippen molar-refractivity contribution in [2.45, 2.75) is 44.8 Å². The largest absolute Gasteiger partial charge is 0.470 e. The van der Waals surface area contributed by atoms with Gasteiger partial charge in [-0.2, -0.15) is 0 Å². The van der Waals surface area contributed by atoms with Crippen LogP contribution >= 0.6 is 0 Å². The molecule has 0 radical (unpaired) electrons. The first kappa shape index (κ1) is 14.1. The molecule has 0 aromatic rings. The molecule has 0 bridgehead atoms. The summed E-state index contributed by atoms with van der Waals surface area (Å²) in [6, 6.07) is 0.615. The summed E-state index contributed by atoms with van der Waals surface area (Å²) in [5.41, 5.74) is 1.07. The highest BCUT2D eigenvalue weighted by atomic mass is 16.5. The number of aliphatic imine (C=N–C) groups is 1. The van der Waals surface area contributed by atoms with E-state index in [4.69, 9.17) is 4.74 Å². The zero-order chi connectivity index (χ0) is 13.9. The average molecular weight is 260 g/mol. The van der Waals surface area contributed by atoms with Gasteiger partial charge in [-0.15, -0.1) is 0 Å². The van der Waals surface area contributed by atoms with E-state index in [1.165, 1.54) is 0 Å². The summed E-state index contributed by atoms with van der Waals surface area (Å²) < 4.78 is 6.16. The molecule has 3 heteroatoms. The molecule has 19 heavy (non-hydrogen) atoms. The van der Waals surface area contributed by atoms with E-state index in [9.17, 15) is 0 Å². The number of allylic oxidation sites excluding steroid dienone is 2. The first-order valence-corrected chi connectivity index (χ1v) is 7.04. The van der Waals surface area contributed by atoms with Crippen molar-refractivity contribution < 1.29 is 4.74 Å². The van der Waals surface area contributed by atoms with Crippen molar-refractivity contribution >= 4 is 6.21 Å². The van der Waals surface area contributed by atoms with Gasteiger partial charge in [0.05, 0.1) is 0 Å². The predicted octanol–water partition coefficient (Wildman–Crippen LogP) is 3.30. The summed E-state index contributed by atoms with van der Waals surface area (Å²) in [5, 5.41) is 0. The van der Waals surface area contributed by atoms with E-state index in [1.54, 1.807) is 12.3 Å². The molecule has 0 amide bonds. The quantitative estimate of drug-likeness (QED) is 0.724. The summed E-state index contributed by atoms with van der Waals surface area (Å²) in [7, 11) is 0. The molecule has 104 valence electrons. The molecule has 0 aromatic carbocycles. The molecule has 2 aliphatic rings. The van der Waals surface area contributed by atoms with E-state index in [1.807, 2.05) is 6.08 Å². The molecular formula is C16H24N2O. The van der Waals surface area contributed by atoms with Gasteiger partial charge in [-0.3, -0.25) is 0 Å². The lowest BCUT2D eigenvalue weighted by Crippen LogP contribution is -2.46. The van der Waals surface area contributed by atoms with Gasteiger partial charge in [0.1, 0.15) is 5.60 Å². The van der Waals surface area contributed by atoms with Crippen molar-refractivity contribution in [1.29, 1.82) is 0 Å². The Morgan fingerprint density at radius 2 is 2.00 bits per heavy atom. The Morgan fingerprint density at radius 1 is 1.32 bits per heavy atom. The van der Waals surface area contributed by atoms with Crippen LogP contribution in [0.2, 0.25) is 0 Å². The van der Waals surface area contributed by atoms with Crippen LogP contribution < -0.4 is 0 Å². The highest BCUT2D eigenvalue weighted by Gasteiger charge is 2.42. The Balaban J connectivity index is 2.04. The predicted molar refractivity (Wildman–Crippen MR) is 80.3 cm³/mol. The van der Waals surface area contributed by atoms with E-state index >= 15 is 0 Å². The Kier molecular flexibility index (Phi) is 4.25. The SMILES string of the molecule is C=C/C=N\C1=C(C=C)CC2(CCN(C(C)C)CC2)O1. The normalized spacial score (nSPS) is 23.3. The average Bonchev–Trinajstić information content (AvgIpc) is 2.75. The van der Waals surface area contributed by atoms with Gasteiger partial charge < -0.3 is 9.64 Å². The van der Waals surface area contributed by atoms with Crippen LogP contribution in [0.25, 0.3) is 0 Å². The fourth-order valence-electron chi connectivity index (χ4n) is 2.85. The van der Waals surface area contributed by atoms with Crippen molar-refractivity contribution in [3.8, 4) is 0 Å². The fourth-order valence-corrected chi connectivity index (χ4v) is 2.85. The number of hydrogen-bond acceptors (Lipinski definition) is 3. The van der Waals surface area contributed by atoms with Gasteiger partial charge in [0, 0.05) is 50.2 Å². The molecule has 3 nitrogen and oxygen atoms in total. The molecule has 1 fully saturated rings. The van der Waals surface area contributed by atoms with E-state index in [2.05, 4.69) is 36.9 Å². The number of hydrogen-bond donors (Lipinski definition) is 0. The van der Waals surface area contributed by atoms with Crippen LogP contribution in [0.3, 0.4) is 0 Å². The zero-order valence-corrected chi connectivity index (χ0v) is 12.1. The molecule has 0 N–H and O–H groups in total. The summed E-state index contributed by atoms with van der Waals surface area (Å²) >= 11 is 0. The van der Waals surface area contributed by atoms with Gasteiger partial charge in [-0.25, -0.2) is 4.99 Å². The van der Waals surface area contributed by atoms with Crippen LogP contribution in [0.4, 0.5) is 0 Å². The van der Waals surface area contributed by atoms with Gasteiger partial charge in [0.2, 0.25) is 5.88 Å². The first-order valence-electron chi connectivity index (χ1n) is 7.04. The van der Waals surface area contributed by atoms with Crippen molar-refractivity contribution in [1.82, 2.24) is 4.90 Å². The summed E-state index contributed by atoms with van der Waals surface area (Å²) in [6.45, 7) is 14.2. The minimum Gasteiger partial charge on any atom is -0.470 e. The lowest BCUT2D eigenvalue weighted by atomic mass is 9.86. The van der Waals surface area contributed by atoms with Crippen molar-refractivity contribution in [2.75, 3.05) is 13.1 Å². The molecular weight excluding hydrogens is 236 g/mol. The van der Waals surface area contributed by atoms with E-state index < -0.39 is 0 Å². The molecule has 0 aliphatic carbocycles. The van der Waals surface area contributed by atoms with E-state index in [0.29, 0.717) is 6.04 Å². The molecule has 0 unspecified atom stereocenters. The molecule has 0 saturated carbocycles. The Labute approximate surface area is 116 Å². The van der Waals surface area contributed by atoms with Gasteiger partial charge in [-0.1, -0.05) is 25.3 Å². The smallest absolute Gasteiger partial charge is 0.217 e. The molecule has 0 atom stereocenters. The lowest BCUT2D eigenvalue weighted by molar-refractivity contribution is -0.0345. The number of piperidine rings is 1. The van der Waals surface area contributed by atoms with Gasteiger partial charge in [0.15, 0.2) is 0 Å². The second-order valence-electron chi connectivity index (χ2n) is 5.64. The number of likely N-dealkylation sites (tertiary alicyclic amines) is 1. The van der Waals surface area contributed by atoms with Crippen LogP contribution in [0.1, 0.15) is 33.1 Å². The van der Waals surface area contributed by atoms with Crippen LogP contribution in [0.15, 0.2) is 41.8 Å². The second kappa shape index (κ2) is 5.74. The van der Waals surface area contributed by atoms with Crippen LogP contribution in [0.5, 0.6) is 0 Å². The molecule has 1 saturated heterocycles. The maximum absolute atomic E-state index is 6.16. The maximum Gasteiger partial charge on any atom is 0.217 e. The lowest BCUT2D eigenvalue weighted by Gasteiger charge is -2.40. The third-order valence-electron chi connectivity index (χ3n) is 4.08. The first-order chi connectivity index (χ1) is 9.10. The Bertz CT molecular complexity index is 412. The number of nitrogens with zero attached hydrogens (tertiary/aromatic N) is 2. The fraction of sp³-hybridized carbons (Fsp3) is 0.562. The Morgan fingerprint density at radius 3 is 2.53 bits per heavy atom. The van der Waals surface area contributed by atoms with Crippen LogP contribution in [-0.2, 0) is 4.74 Å². The topological polar surface area (TPSA) is 24.8 Å². The number of rotatable bonds is 4. The van der Waals surface area contributed by atoms with E-state index in [0.717, 1.165) is 43.8 Å². The summed E-state index contributed by atoms with van der Waals surface area (Å²) in [4.78, 5) is 6.83. The minimum atomic E-state index is -0.0528. The zero-order valence-electron chi connectivity index (χ0n) is 12.1. The maximum atomic E-state index is 6.16. The minimum absolute atomic E-state index is 0.0528. The molecule has 2 heterocycles. The Hall–Kier alpha value is -1.35. The van der Waals surface area contributed by atoms with Gasteiger partial charge >= 0.3 is 0 Å². The molecule has 2 rings (SSSR count). The third kappa shape index (κ3) is 2.98. The molecule has 2 aliphatic heterocycles. The van der Waals surface area contributed by atoms with Crippen LogP contribution in [-0.4, -0.2) is 35.8 Å². The molecule has 0 aromatic heterocycles. The summed E-state index contributed by atoms with van der Waals surface area (Å²) in [5.74, 6) is 0.730. The third-order valence-corrected chi connectivity index (χ3v) is 4.08. The van der Waals surface area contributed by atoms with Gasteiger partial charge in [0.25, 0.3) is 0 Å². The van der Waals surface area contributed by atoms with Crippen molar-refractivity contribution in [2.24, 2.45) is 4.99 Å². The van der Waals surface area contributed by atoms with E-state index in [-0.39, 0.29) is 5.60 Å². The second-order valence-corrected chi connectivity index (χ2v) is 5.64. The monoisotopic (exact) mass is 260 g/mol. The van der Waals surface area contributed by atoms with Gasteiger partial charge in [-0.05, 0) is 13.8 Å². The highest BCUT2D eigenvalue weighted by molar-refractivity contribution is 5.71. The number of ether oxygens (including phenoxy) is 1. The molecule has 1 spiro atoms. The summed E-state index contributed by atoms with van der Waals surface area (Å²) in [6.07, 6.45) is 8.29. The highest BCUT2D eigenvalue weighted by Crippen LogP contribution is 2.42. The van der Waals surface area contributed by atoms with Crippen molar-refractivity contribution in [3.63, 3.8) is 0 Å². The van der Waals surface area contributed by atoms with Crippen molar-refractivity contribution in [3.05, 3.63) is 36.8 Å². The van der Waals surface area contributed by atoms with Crippen LogP contribution in [0, 0.1) is 0 Å².